The van der Waals surface area contributed by atoms with Crippen LogP contribution in [0.15, 0.2) is 36.5 Å². The third-order valence-electron chi connectivity index (χ3n) is 6.64. The van der Waals surface area contributed by atoms with E-state index in [-0.39, 0.29) is 29.1 Å². The Kier molecular flexibility index (Phi) is 6.49. The maximum absolute atomic E-state index is 13.7. The fourth-order valence-electron chi connectivity index (χ4n) is 4.92. The lowest BCUT2D eigenvalue weighted by atomic mass is 9.98. The molecular formula is C24H26ClN7O3S. The summed E-state index contributed by atoms with van der Waals surface area (Å²) in [6.07, 6.45) is 6.22. The zero-order valence-corrected chi connectivity index (χ0v) is 21.3. The monoisotopic (exact) mass is 527 g/mol. The van der Waals surface area contributed by atoms with Crippen LogP contribution in [0.5, 0.6) is 0 Å². The van der Waals surface area contributed by atoms with Crippen LogP contribution >= 0.6 is 11.6 Å². The van der Waals surface area contributed by atoms with Crippen molar-refractivity contribution in [2.24, 2.45) is 5.92 Å². The van der Waals surface area contributed by atoms with E-state index in [1.54, 1.807) is 15.5 Å². The maximum Gasteiger partial charge on any atom is 0.256 e. The van der Waals surface area contributed by atoms with Gasteiger partial charge in [-0.25, -0.2) is 17.9 Å². The molecule has 1 amide bonds. The lowest BCUT2D eigenvalue weighted by Crippen LogP contribution is -2.39. The van der Waals surface area contributed by atoms with Gasteiger partial charge in [0.25, 0.3) is 5.91 Å². The number of hydrogen-bond donors (Lipinski definition) is 1. The van der Waals surface area contributed by atoms with Gasteiger partial charge in [0.05, 0.1) is 41.2 Å². The van der Waals surface area contributed by atoms with Crippen LogP contribution in [0, 0.1) is 17.2 Å². The van der Waals surface area contributed by atoms with Crippen LogP contribution in [-0.2, 0) is 10.0 Å². The molecule has 0 radical (unpaired) electrons. The summed E-state index contributed by atoms with van der Waals surface area (Å²) in [7, 11) is -3.59. The number of halogens is 1. The summed E-state index contributed by atoms with van der Waals surface area (Å²) in [5.41, 5.74) is 1.79. The quantitative estimate of drug-likeness (QED) is 0.538. The van der Waals surface area contributed by atoms with Gasteiger partial charge in [0, 0.05) is 36.9 Å². The molecule has 10 nitrogen and oxygen atoms in total. The Morgan fingerprint density at radius 1 is 1.19 bits per heavy atom. The first-order valence-corrected chi connectivity index (χ1v) is 14.1. The summed E-state index contributed by atoms with van der Waals surface area (Å²) in [5, 5.41) is 14.3. The topological polar surface area (TPSA) is 124 Å². The number of piperidine rings is 1. The number of aromatic nitrogens is 3. The first-order valence-electron chi connectivity index (χ1n) is 11.8. The Balaban J connectivity index is 1.45. The molecule has 2 aromatic heterocycles. The number of carbonyl (C=O) groups is 1. The molecule has 4 heterocycles. The van der Waals surface area contributed by atoms with Gasteiger partial charge in [-0.15, -0.1) is 0 Å². The standard InChI is InChI=1S/C24H26ClN7O3S/c1-36(34,35)29-19-6-5-17(25)12-18(19)24(33)31-9-3-2-4-21(31)20-13-23-27-22(8-11-32(23)28-20)30-10-7-16(14-26)15-30/h5-6,8,11-13,16,21,29H,2-4,7,9-10,15H2,1H3/t16-,21-/m0/s1. The number of rotatable bonds is 5. The number of nitrogens with one attached hydrogen (secondary N) is 1. The van der Waals surface area contributed by atoms with E-state index in [0.717, 1.165) is 50.0 Å². The molecular weight excluding hydrogens is 502 g/mol. The average Bonchev–Trinajstić information content (AvgIpc) is 3.50. The van der Waals surface area contributed by atoms with Gasteiger partial charge in [-0.05, 0) is 49.9 Å². The fraction of sp³-hybridized carbons (Fsp3) is 0.417. The molecule has 2 atom stereocenters. The fourth-order valence-corrected chi connectivity index (χ4v) is 5.67. The zero-order valence-electron chi connectivity index (χ0n) is 19.8. The molecule has 12 heteroatoms. The Morgan fingerprint density at radius 2 is 2.03 bits per heavy atom. The molecule has 188 valence electrons. The molecule has 1 N–H and O–H groups in total. The average molecular weight is 528 g/mol. The summed E-state index contributed by atoms with van der Waals surface area (Å²) in [6.45, 7) is 1.97. The van der Waals surface area contributed by atoms with Crippen molar-refractivity contribution in [2.75, 3.05) is 35.5 Å². The third kappa shape index (κ3) is 4.96. The highest BCUT2D eigenvalue weighted by atomic mass is 35.5. The second kappa shape index (κ2) is 9.59. The van der Waals surface area contributed by atoms with E-state index < -0.39 is 10.0 Å². The van der Waals surface area contributed by atoms with E-state index in [0.29, 0.717) is 23.8 Å². The SMILES string of the molecule is CS(=O)(=O)Nc1ccc(Cl)cc1C(=O)N1CCCC[C@H]1c1cc2nc(N3CC[C@@H](C#N)C3)ccn2n1. The van der Waals surface area contributed by atoms with Crippen LogP contribution in [0.3, 0.4) is 0 Å². The number of anilines is 2. The molecule has 3 aromatic rings. The number of benzene rings is 1. The van der Waals surface area contributed by atoms with E-state index in [2.05, 4.69) is 15.7 Å². The van der Waals surface area contributed by atoms with Gasteiger partial charge in [0.1, 0.15) is 5.82 Å². The highest BCUT2D eigenvalue weighted by Gasteiger charge is 2.32. The van der Waals surface area contributed by atoms with Crippen LogP contribution in [0.4, 0.5) is 11.5 Å². The predicted molar refractivity (Wildman–Crippen MR) is 136 cm³/mol. The van der Waals surface area contributed by atoms with Crippen LogP contribution < -0.4 is 9.62 Å². The molecule has 1 aromatic carbocycles. The highest BCUT2D eigenvalue weighted by molar-refractivity contribution is 7.92. The van der Waals surface area contributed by atoms with Crippen molar-refractivity contribution in [3.63, 3.8) is 0 Å². The van der Waals surface area contributed by atoms with Crippen molar-refractivity contribution in [3.05, 3.63) is 52.8 Å². The van der Waals surface area contributed by atoms with E-state index in [1.807, 2.05) is 18.3 Å². The largest absolute Gasteiger partial charge is 0.355 e. The molecule has 2 aliphatic rings. The first kappa shape index (κ1) is 24.3. The van der Waals surface area contributed by atoms with Gasteiger partial charge >= 0.3 is 0 Å². The van der Waals surface area contributed by atoms with Crippen LogP contribution in [0.1, 0.15) is 47.8 Å². The number of nitrogens with zero attached hydrogens (tertiary/aromatic N) is 6. The van der Waals surface area contributed by atoms with Gasteiger partial charge in [0.2, 0.25) is 10.0 Å². The number of sulfonamides is 1. The van der Waals surface area contributed by atoms with Crippen LogP contribution in [0.25, 0.3) is 5.65 Å². The van der Waals surface area contributed by atoms with E-state index >= 15 is 0 Å². The second-order valence-electron chi connectivity index (χ2n) is 9.29. The van der Waals surface area contributed by atoms with E-state index in [4.69, 9.17) is 21.7 Å². The molecule has 0 unspecified atom stereocenters. The Bertz CT molecular complexity index is 1470. The number of fused-ring (bicyclic) bond motifs is 1. The predicted octanol–water partition coefficient (Wildman–Crippen LogP) is 3.47. The Hall–Kier alpha value is -3.36. The number of hydrogen-bond acceptors (Lipinski definition) is 7. The second-order valence-corrected chi connectivity index (χ2v) is 11.5. The van der Waals surface area contributed by atoms with Crippen LogP contribution in [-0.4, -0.2) is 59.7 Å². The molecule has 0 aliphatic carbocycles. The van der Waals surface area contributed by atoms with Crippen molar-refractivity contribution < 1.29 is 13.2 Å². The summed E-state index contributed by atoms with van der Waals surface area (Å²) in [4.78, 5) is 22.3. The summed E-state index contributed by atoms with van der Waals surface area (Å²) >= 11 is 6.17. The molecule has 0 bridgehead atoms. The normalized spacial score (nSPS) is 20.5. The Morgan fingerprint density at radius 3 is 2.78 bits per heavy atom. The van der Waals surface area contributed by atoms with Gasteiger partial charge in [0.15, 0.2) is 5.65 Å². The number of likely N-dealkylation sites (tertiary alicyclic amines) is 1. The molecule has 2 aliphatic heterocycles. The van der Waals surface area contributed by atoms with Gasteiger partial charge < -0.3 is 9.80 Å². The van der Waals surface area contributed by atoms with Crippen molar-refractivity contribution in [2.45, 2.75) is 31.7 Å². The molecule has 36 heavy (non-hydrogen) atoms. The van der Waals surface area contributed by atoms with Gasteiger partial charge in [-0.2, -0.15) is 10.4 Å². The minimum Gasteiger partial charge on any atom is -0.355 e. The maximum atomic E-state index is 13.7. The van der Waals surface area contributed by atoms with Gasteiger partial charge in [-0.1, -0.05) is 11.6 Å². The zero-order chi connectivity index (χ0) is 25.4. The van der Waals surface area contributed by atoms with Crippen molar-refractivity contribution in [1.29, 1.82) is 5.26 Å². The first-order chi connectivity index (χ1) is 17.2. The lowest BCUT2D eigenvalue weighted by molar-refractivity contribution is 0.0607. The lowest BCUT2D eigenvalue weighted by Gasteiger charge is -2.35. The van der Waals surface area contributed by atoms with Crippen molar-refractivity contribution >= 4 is 44.7 Å². The summed E-state index contributed by atoms with van der Waals surface area (Å²) in [5.74, 6) is 0.510. The van der Waals surface area contributed by atoms with E-state index in [9.17, 15) is 18.5 Å². The number of carbonyl (C=O) groups excluding carboxylic acids is 1. The molecule has 0 saturated carbocycles. The smallest absolute Gasteiger partial charge is 0.256 e. The number of nitriles is 1. The van der Waals surface area contributed by atoms with Gasteiger partial charge in [-0.3, -0.25) is 9.52 Å². The molecule has 0 spiro atoms. The Labute approximate surface area is 214 Å². The number of amides is 1. The molecule has 5 rings (SSSR count). The third-order valence-corrected chi connectivity index (χ3v) is 7.46. The summed E-state index contributed by atoms with van der Waals surface area (Å²) < 4.78 is 27.9. The molecule has 2 fully saturated rings. The molecule has 2 saturated heterocycles. The van der Waals surface area contributed by atoms with Crippen LogP contribution in [0.2, 0.25) is 5.02 Å². The van der Waals surface area contributed by atoms with E-state index in [1.165, 1.54) is 12.1 Å². The highest BCUT2D eigenvalue weighted by Crippen LogP contribution is 2.34. The minimum atomic E-state index is -3.59. The minimum absolute atomic E-state index is 0.0128. The van der Waals surface area contributed by atoms with Crippen molar-refractivity contribution in [3.8, 4) is 6.07 Å². The summed E-state index contributed by atoms with van der Waals surface area (Å²) in [6, 6.07) is 10.4. The van der Waals surface area contributed by atoms with Crippen molar-refractivity contribution in [1.82, 2.24) is 19.5 Å².